The van der Waals surface area contributed by atoms with Crippen molar-refractivity contribution in [2.24, 2.45) is 0 Å². The summed E-state index contributed by atoms with van der Waals surface area (Å²) < 4.78 is 51.5. The Morgan fingerprint density at radius 3 is 2.40 bits per heavy atom. The highest BCUT2D eigenvalue weighted by molar-refractivity contribution is 5.95. The summed E-state index contributed by atoms with van der Waals surface area (Å²) in [5.41, 5.74) is -0.577. The zero-order valence-corrected chi connectivity index (χ0v) is 16.0. The highest BCUT2D eigenvalue weighted by Gasteiger charge is 2.62. The van der Waals surface area contributed by atoms with Gasteiger partial charge in [-0.3, -0.25) is 4.79 Å². The summed E-state index contributed by atoms with van der Waals surface area (Å²) in [6, 6.07) is 11.5. The van der Waals surface area contributed by atoms with E-state index in [4.69, 9.17) is 9.47 Å². The average Bonchev–Trinajstić information content (AvgIpc) is 2.68. The molecule has 30 heavy (non-hydrogen) atoms. The number of fused-ring (bicyclic) bond motifs is 1. The largest absolute Gasteiger partial charge is 0.462 e. The van der Waals surface area contributed by atoms with Gasteiger partial charge in [0.15, 0.2) is 0 Å². The molecule has 1 atom stereocenters. The lowest BCUT2D eigenvalue weighted by Crippen LogP contribution is -2.57. The van der Waals surface area contributed by atoms with Crippen LogP contribution in [0.1, 0.15) is 35.3 Å². The summed E-state index contributed by atoms with van der Waals surface area (Å²) in [4.78, 5) is 23.9. The van der Waals surface area contributed by atoms with Gasteiger partial charge in [-0.15, -0.1) is 0 Å². The molecular weight excluding hydrogens is 403 g/mol. The summed E-state index contributed by atoms with van der Waals surface area (Å²) in [7, 11) is 0. The molecule has 0 aromatic heterocycles. The van der Waals surface area contributed by atoms with Crippen molar-refractivity contribution < 1.29 is 37.3 Å². The number of alkyl halides is 3. The number of nitrogens with one attached hydrogen (secondary N) is 1. The van der Waals surface area contributed by atoms with E-state index in [1.807, 2.05) is 0 Å². The molecule has 0 radical (unpaired) electrons. The standard InChI is InChI=1S/C21H18F3NO5/c1-3-29-19(27)14-9-10-16-15(11-14)17(13-7-5-4-6-8-13)18(25-12(2)26)20(28,30-16)21(22,23)24/h4-11,28H,3H2,1-2H3,(H,25,26). The van der Waals surface area contributed by atoms with Crippen molar-refractivity contribution >= 4 is 17.4 Å². The zero-order valence-electron chi connectivity index (χ0n) is 16.0. The predicted octanol–water partition coefficient (Wildman–Crippen LogP) is 3.40. The van der Waals surface area contributed by atoms with Crippen molar-refractivity contribution in [3.05, 3.63) is 70.9 Å². The molecule has 1 aliphatic rings. The maximum atomic E-state index is 13.9. The highest BCUT2D eigenvalue weighted by Crippen LogP contribution is 2.48. The zero-order chi connectivity index (χ0) is 22.1. The van der Waals surface area contributed by atoms with E-state index in [1.54, 1.807) is 25.1 Å². The Bertz CT molecular complexity index is 1020. The molecule has 1 unspecified atom stereocenters. The summed E-state index contributed by atoms with van der Waals surface area (Å²) in [6.07, 6.45) is -5.28. The molecule has 1 amide bonds. The fraction of sp³-hybridized carbons (Fsp3) is 0.238. The molecule has 1 aliphatic heterocycles. The number of hydrogen-bond donors (Lipinski definition) is 2. The van der Waals surface area contributed by atoms with Gasteiger partial charge in [0.2, 0.25) is 5.91 Å². The van der Waals surface area contributed by atoms with Crippen molar-refractivity contribution in [2.45, 2.75) is 25.8 Å². The number of carbonyl (C=O) groups is 2. The number of esters is 1. The van der Waals surface area contributed by atoms with E-state index in [-0.39, 0.29) is 34.6 Å². The predicted molar refractivity (Wildman–Crippen MR) is 100 cm³/mol. The third kappa shape index (κ3) is 3.76. The molecular formula is C21H18F3NO5. The van der Waals surface area contributed by atoms with E-state index < -0.39 is 29.5 Å². The number of hydrogen-bond acceptors (Lipinski definition) is 5. The van der Waals surface area contributed by atoms with Gasteiger partial charge in [0.05, 0.1) is 12.2 Å². The maximum absolute atomic E-state index is 13.9. The summed E-state index contributed by atoms with van der Waals surface area (Å²) in [5.74, 6) is -5.63. The van der Waals surface area contributed by atoms with Crippen LogP contribution in [-0.2, 0) is 9.53 Å². The Balaban J connectivity index is 2.36. The van der Waals surface area contributed by atoms with Crippen LogP contribution in [0.15, 0.2) is 54.2 Å². The molecule has 2 aromatic carbocycles. The second-order valence-corrected chi connectivity index (χ2v) is 6.47. The minimum absolute atomic E-state index is 0.0762. The quantitative estimate of drug-likeness (QED) is 0.740. The van der Waals surface area contributed by atoms with Gasteiger partial charge >= 0.3 is 17.9 Å². The average molecular weight is 421 g/mol. The molecule has 0 fully saturated rings. The minimum Gasteiger partial charge on any atom is -0.462 e. The summed E-state index contributed by atoms with van der Waals surface area (Å²) in [6.45, 7) is 2.74. The number of ether oxygens (including phenoxy) is 2. The fourth-order valence-electron chi connectivity index (χ4n) is 3.10. The number of benzene rings is 2. The molecule has 0 saturated carbocycles. The third-order valence-electron chi connectivity index (χ3n) is 4.35. The Labute approximate surface area is 169 Å². The van der Waals surface area contributed by atoms with E-state index in [2.05, 4.69) is 5.32 Å². The van der Waals surface area contributed by atoms with Crippen molar-refractivity contribution in [1.82, 2.24) is 5.32 Å². The van der Waals surface area contributed by atoms with Gasteiger partial charge in [-0.1, -0.05) is 30.3 Å². The first-order valence-electron chi connectivity index (χ1n) is 8.96. The molecule has 3 rings (SSSR count). The third-order valence-corrected chi connectivity index (χ3v) is 4.35. The first-order chi connectivity index (χ1) is 14.1. The van der Waals surface area contributed by atoms with E-state index in [9.17, 15) is 27.9 Å². The summed E-state index contributed by atoms with van der Waals surface area (Å²) >= 11 is 0. The van der Waals surface area contributed by atoms with Gasteiger partial charge in [0.25, 0.3) is 0 Å². The topological polar surface area (TPSA) is 84.9 Å². The van der Waals surface area contributed by atoms with Gasteiger partial charge in [-0.25, -0.2) is 4.79 Å². The second kappa shape index (κ2) is 7.83. The van der Waals surface area contributed by atoms with Crippen LogP contribution in [0, 0.1) is 0 Å². The van der Waals surface area contributed by atoms with Gasteiger partial charge < -0.3 is 19.9 Å². The van der Waals surface area contributed by atoms with Crippen LogP contribution in [0.2, 0.25) is 0 Å². The first-order valence-corrected chi connectivity index (χ1v) is 8.96. The van der Waals surface area contributed by atoms with Gasteiger partial charge in [-0.2, -0.15) is 13.2 Å². The molecule has 1 heterocycles. The van der Waals surface area contributed by atoms with Gasteiger partial charge in [0.1, 0.15) is 11.4 Å². The number of rotatable bonds is 4. The minimum atomic E-state index is -5.28. The van der Waals surface area contributed by atoms with E-state index in [1.165, 1.54) is 24.3 Å². The van der Waals surface area contributed by atoms with Crippen molar-refractivity contribution in [1.29, 1.82) is 0 Å². The molecule has 0 saturated heterocycles. The summed E-state index contributed by atoms with van der Waals surface area (Å²) in [5, 5.41) is 12.6. The lowest BCUT2D eigenvalue weighted by molar-refractivity contribution is -0.318. The number of aliphatic hydroxyl groups is 1. The first kappa shape index (κ1) is 21.4. The number of amides is 1. The van der Waals surface area contributed by atoms with E-state index in [0.29, 0.717) is 0 Å². The van der Waals surface area contributed by atoms with Crippen LogP contribution in [0.4, 0.5) is 13.2 Å². The van der Waals surface area contributed by atoms with E-state index >= 15 is 0 Å². The highest BCUT2D eigenvalue weighted by atomic mass is 19.4. The van der Waals surface area contributed by atoms with Crippen molar-refractivity contribution in [2.75, 3.05) is 6.61 Å². The smallest absolute Gasteiger partial charge is 0.462 e. The van der Waals surface area contributed by atoms with Gasteiger partial charge in [0, 0.05) is 18.1 Å². The Kier molecular flexibility index (Phi) is 5.58. The number of carbonyl (C=O) groups excluding carboxylic acids is 2. The molecule has 9 heteroatoms. The van der Waals surface area contributed by atoms with Crippen LogP contribution in [0.25, 0.3) is 5.57 Å². The van der Waals surface area contributed by atoms with Crippen molar-refractivity contribution in [3.63, 3.8) is 0 Å². The SMILES string of the molecule is CCOC(=O)c1ccc2c(c1)C(c1ccccc1)=C(NC(C)=O)C(O)(C(F)(F)F)O2. The lowest BCUT2D eigenvalue weighted by Gasteiger charge is -2.38. The number of halogens is 3. The van der Waals surface area contributed by atoms with E-state index in [0.717, 1.165) is 13.0 Å². The van der Waals surface area contributed by atoms with Crippen LogP contribution in [0.3, 0.4) is 0 Å². The monoisotopic (exact) mass is 421 g/mol. The maximum Gasteiger partial charge on any atom is 0.462 e. The fourth-order valence-corrected chi connectivity index (χ4v) is 3.10. The molecule has 158 valence electrons. The van der Waals surface area contributed by atoms with Crippen LogP contribution in [0.5, 0.6) is 5.75 Å². The molecule has 6 nitrogen and oxygen atoms in total. The van der Waals surface area contributed by atoms with Crippen LogP contribution < -0.4 is 10.1 Å². The van der Waals surface area contributed by atoms with Crippen molar-refractivity contribution in [3.8, 4) is 5.75 Å². The van der Waals surface area contributed by atoms with Gasteiger partial charge in [-0.05, 0) is 30.7 Å². The molecule has 0 spiro atoms. The second-order valence-electron chi connectivity index (χ2n) is 6.47. The Morgan fingerprint density at radius 1 is 1.17 bits per heavy atom. The molecule has 2 aromatic rings. The normalized spacial score (nSPS) is 18.3. The molecule has 0 aliphatic carbocycles. The Hall–Kier alpha value is -3.33. The van der Waals surface area contributed by atoms with Crippen LogP contribution >= 0.6 is 0 Å². The lowest BCUT2D eigenvalue weighted by atomic mass is 9.88. The molecule has 0 bridgehead atoms. The Morgan fingerprint density at radius 2 is 1.83 bits per heavy atom. The van der Waals surface area contributed by atoms with Crippen LogP contribution in [-0.4, -0.2) is 35.6 Å². The molecule has 2 N–H and O–H groups in total.